The van der Waals surface area contributed by atoms with Gasteiger partial charge in [0.2, 0.25) is 5.95 Å². The molecule has 0 aliphatic rings. The van der Waals surface area contributed by atoms with Crippen LogP contribution in [0.4, 0.5) is 10.1 Å². The lowest BCUT2D eigenvalue weighted by Gasteiger charge is -2.07. The van der Waals surface area contributed by atoms with E-state index < -0.39 is 11.9 Å². The smallest absolute Gasteiger partial charge is 0.260 e. The van der Waals surface area contributed by atoms with Crippen molar-refractivity contribution in [1.82, 2.24) is 4.98 Å². The van der Waals surface area contributed by atoms with E-state index in [4.69, 9.17) is 16.9 Å². The number of hydrogen-bond donors (Lipinski definition) is 1. The number of carbonyl (C=O) groups excluding carboxylic acids is 1. The van der Waals surface area contributed by atoms with Crippen molar-refractivity contribution in [2.75, 3.05) is 5.32 Å². The monoisotopic (exact) mass is 275 g/mol. The van der Waals surface area contributed by atoms with Crippen molar-refractivity contribution in [3.63, 3.8) is 0 Å². The lowest BCUT2D eigenvalue weighted by atomic mass is 10.2. The fraction of sp³-hybridized carbons (Fsp3) is 0. The highest BCUT2D eigenvalue weighted by Gasteiger charge is 2.13. The largest absolute Gasteiger partial charge is 0.320 e. The number of aromatic nitrogens is 1. The first-order valence-corrected chi connectivity index (χ1v) is 5.61. The van der Waals surface area contributed by atoms with E-state index >= 15 is 0 Å². The third kappa shape index (κ3) is 2.87. The number of amides is 1. The highest BCUT2D eigenvalue weighted by molar-refractivity contribution is 6.34. The number of nitriles is 1. The maximum absolute atomic E-state index is 13.3. The number of nitrogens with zero attached hydrogens (tertiary/aromatic N) is 2. The molecule has 0 atom stereocenters. The molecular weight excluding hydrogens is 269 g/mol. The molecule has 0 aliphatic carbocycles. The second-order valence-electron chi connectivity index (χ2n) is 3.60. The van der Waals surface area contributed by atoms with Gasteiger partial charge in [0.25, 0.3) is 5.91 Å². The van der Waals surface area contributed by atoms with Crippen LogP contribution in [0.1, 0.15) is 15.9 Å². The average Bonchev–Trinajstić information content (AvgIpc) is 2.41. The van der Waals surface area contributed by atoms with E-state index in [-0.39, 0.29) is 10.6 Å². The first-order valence-electron chi connectivity index (χ1n) is 5.23. The van der Waals surface area contributed by atoms with Crippen LogP contribution in [0.2, 0.25) is 5.02 Å². The number of pyridine rings is 1. The zero-order valence-corrected chi connectivity index (χ0v) is 10.3. The number of benzene rings is 1. The first kappa shape index (κ1) is 13.0. The fourth-order valence-corrected chi connectivity index (χ4v) is 1.66. The van der Waals surface area contributed by atoms with Crippen molar-refractivity contribution < 1.29 is 9.18 Å². The Balaban J connectivity index is 2.25. The molecule has 1 aromatic heterocycles. The highest BCUT2D eigenvalue weighted by atomic mass is 35.5. The standard InChI is InChI=1S/C13H7ClFN3O/c14-10-6-8(7-16)3-4-11(10)18-13(19)9-2-1-5-17-12(9)15/h1-6H,(H,18,19). The summed E-state index contributed by atoms with van der Waals surface area (Å²) in [4.78, 5) is 15.2. The number of hydrogen-bond acceptors (Lipinski definition) is 3. The first-order chi connectivity index (χ1) is 9.11. The van der Waals surface area contributed by atoms with Crippen molar-refractivity contribution in [3.8, 4) is 6.07 Å². The van der Waals surface area contributed by atoms with Crippen LogP contribution in [0.25, 0.3) is 0 Å². The molecule has 6 heteroatoms. The quantitative estimate of drug-likeness (QED) is 0.857. The van der Waals surface area contributed by atoms with Crippen molar-refractivity contribution >= 4 is 23.2 Å². The van der Waals surface area contributed by atoms with E-state index in [9.17, 15) is 9.18 Å². The van der Waals surface area contributed by atoms with Crippen molar-refractivity contribution in [2.24, 2.45) is 0 Å². The van der Waals surface area contributed by atoms with Crippen LogP contribution in [0.15, 0.2) is 36.5 Å². The van der Waals surface area contributed by atoms with Gasteiger partial charge in [-0.05, 0) is 30.3 Å². The molecule has 1 aromatic carbocycles. The molecule has 0 fully saturated rings. The predicted octanol–water partition coefficient (Wildman–Crippen LogP) is 3.00. The summed E-state index contributed by atoms with van der Waals surface area (Å²) in [5, 5.41) is 11.4. The summed E-state index contributed by atoms with van der Waals surface area (Å²) in [5.74, 6) is -1.51. The summed E-state index contributed by atoms with van der Waals surface area (Å²) in [7, 11) is 0. The van der Waals surface area contributed by atoms with Gasteiger partial charge >= 0.3 is 0 Å². The Kier molecular flexibility index (Phi) is 3.74. The topological polar surface area (TPSA) is 65.8 Å². The molecule has 0 aliphatic heterocycles. The minimum Gasteiger partial charge on any atom is -0.320 e. The van der Waals surface area contributed by atoms with Crippen LogP contribution in [0.5, 0.6) is 0 Å². The summed E-state index contributed by atoms with van der Waals surface area (Å²) in [6.45, 7) is 0. The van der Waals surface area contributed by atoms with E-state index in [1.165, 1.54) is 36.5 Å². The molecule has 4 nitrogen and oxygen atoms in total. The lowest BCUT2D eigenvalue weighted by Crippen LogP contribution is -2.14. The maximum atomic E-state index is 13.3. The van der Waals surface area contributed by atoms with Crippen molar-refractivity contribution in [1.29, 1.82) is 5.26 Å². The number of nitrogens with one attached hydrogen (secondary N) is 1. The van der Waals surface area contributed by atoms with E-state index in [0.717, 1.165) is 0 Å². The van der Waals surface area contributed by atoms with Gasteiger partial charge < -0.3 is 5.32 Å². The van der Waals surface area contributed by atoms with E-state index in [1.54, 1.807) is 0 Å². The van der Waals surface area contributed by atoms with Crippen molar-refractivity contribution in [3.05, 3.63) is 58.6 Å². The third-order valence-corrected chi connectivity index (χ3v) is 2.66. The average molecular weight is 276 g/mol. The van der Waals surface area contributed by atoms with Gasteiger partial charge in [0.05, 0.1) is 27.9 Å². The number of halogens is 2. The van der Waals surface area contributed by atoms with Crippen LogP contribution in [-0.4, -0.2) is 10.9 Å². The fourth-order valence-electron chi connectivity index (χ4n) is 1.43. The molecule has 2 aromatic rings. The van der Waals surface area contributed by atoms with Crippen LogP contribution in [-0.2, 0) is 0 Å². The number of carbonyl (C=O) groups is 1. The Morgan fingerprint density at radius 3 is 2.84 bits per heavy atom. The van der Waals surface area contributed by atoms with E-state index in [2.05, 4.69) is 10.3 Å². The van der Waals surface area contributed by atoms with E-state index in [1.807, 2.05) is 6.07 Å². The van der Waals surface area contributed by atoms with Gasteiger partial charge in [-0.15, -0.1) is 0 Å². The molecule has 0 bridgehead atoms. The Hall–Kier alpha value is -2.45. The van der Waals surface area contributed by atoms with E-state index in [0.29, 0.717) is 11.3 Å². The van der Waals surface area contributed by atoms with Crippen LogP contribution in [0, 0.1) is 17.3 Å². The molecular formula is C13H7ClFN3O. The Morgan fingerprint density at radius 1 is 1.42 bits per heavy atom. The molecule has 0 radical (unpaired) electrons. The molecule has 1 N–H and O–H groups in total. The Labute approximate surface area is 113 Å². The maximum Gasteiger partial charge on any atom is 0.260 e. The summed E-state index contributed by atoms with van der Waals surface area (Å²) in [5.41, 5.74) is 0.493. The highest BCUT2D eigenvalue weighted by Crippen LogP contribution is 2.23. The molecule has 1 heterocycles. The molecule has 94 valence electrons. The zero-order chi connectivity index (χ0) is 13.8. The van der Waals surface area contributed by atoms with Gasteiger partial charge in [-0.2, -0.15) is 9.65 Å². The lowest BCUT2D eigenvalue weighted by molar-refractivity contribution is 0.102. The van der Waals surface area contributed by atoms with Gasteiger partial charge in [0.15, 0.2) is 0 Å². The minimum atomic E-state index is -0.857. The SMILES string of the molecule is N#Cc1ccc(NC(=O)c2cccnc2F)c(Cl)c1. The van der Waals surface area contributed by atoms with Gasteiger partial charge in [-0.3, -0.25) is 4.79 Å². The molecule has 0 unspecified atom stereocenters. The zero-order valence-electron chi connectivity index (χ0n) is 9.52. The summed E-state index contributed by atoms with van der Waals surface area (Å²) < 4.78 is 13.3. The third-order valence-electron chi connectivity index (χ3n) is 2.35. The molecule has 0 saturated heterocycles. The number of rotatable bonds is 2. The number of anilines is 1. The van der Waals surface area contributed by atoms with Crippen molar-refractivity contribution in [2.45, 2.75) is 0 Å². The van der Waals surface area contributed by atoms with Crippen LogP contribution in [0.3, 0.4) is 0 Å². The molecule has 19 heavy (non-hydrogen) atoms. The van der Waals surface area contributed by atoms with Gasteiger partial charge in [0, 0.05) is 6.20 Å². The second kappa shape index (κ2) is 5.46. The van der Waals surface area contributed by atoms with Gasteiger partial charge in [0.1, 0.15) is 0 Å². The summed E-state index contributed by atoms with van der Waals surface area (Å²) in [6.07, 6.45) is 1.25. The minimum absolute atomic E-state index is 0.178. The second-order valence-corrected chi connectivity index (χ2v) is 4.01. The molecule has 2 rings (SSSR count). The van der Waals surface area contributed by atoms with Crippen LogP contribution >= 0.6 is 11.6 Å². The summed E-state index contributed by atoms with van der Waals surface area (Å²) in [6, 6.07) is 9.09. The molecule has 1 amide bonds. The molecule has 0 saturated carbocycles. The Morgan fingerprint density at radius 2 is 2.21 bits per heavy atom. The summed E-state index contributed by atoms with van der Waals surface area (Å²) >= 11 is 5.90. The predicted molar refractivity (Wildman–Crippen MR) is 68.3 cm³/mol. The Bertz CT molecular complexity index is 682. The molecule has 0 spiro atoms. The van der Waals surface area contributed by atoms with Crippen LogP contribution < -0.4 is 5.32 Å². The van der Waals surface area contributed by atoms with Gasteiger partial charge in [-0.25, -0.2) is 4.98 Å². The van der Waals surface area contributed by atoms with Gasteiger partial charge in [-0.1, -0.05) is 11.6 Å². The normalized spacial score (nSPS) is 9.74.